The van der Waals surface area contributed by atoms with Crippen molar-refractivity contribution in [3.8, 4) is 0 Å². The van der Waals surface area contributed by atoms with Crippen molar-refractivity contribution in [1.82, 2.24) is 10.0 Å². The second-order valence-electron chi connectivity index (χ2n) is 10.0. The summed E-state index contributed by atoms with van der Waals surface area (Å²) in [6.07, 6.45) is 4.34. The van der Waals surface area contributed by atoms with Crippen molar-refractivity contribution in [2.75, 3.05) is 0 Å². The number of benzene rings is 1. The Bertz CT molecular complexity index is 952. The first-order valence-electron chi connectivity index (χ1n) is 10.4. The number of rotatable bonds is 6. The molecule has 0 aliphatic heterocycles. The molecule has 1 aromatic rings. The van der Waals surface area contributed by atoms with E-state index in [0.717, 1.165) is 50.3 Å². The highest BCUT2D eigenvalue weighted by molar-refractivity contribution is 7.89. The van der Waals surface area contributed by atoms with Gasteiger partial charge in [0, 0.05) is 18.0 Å². The molecule has 5 rings (SSSR count). The van der Waals surface area contributed by atoms with E-state index in [0.29, 0.717) is 5.92 Å². The van der Waals surface area contributed by atoms with Gasteiger partial charge in [0.25, 0.3) is 0 Å². The molecular weight excluding hydrogens is 431 g/mol. The van der Waals surface area contributed by atoms with Crippen LogP contribution in [0, 0.1) is 23.6 Å². The summed E-state index contributed by atoms with van der Waals surface area (Å²) in [6.45, 7) is 3.25. The van der Waals surface area contributed by atoms with E-state index in [9.17, 15) is 22.7 Å². The molecule has 4 aliphatic rings. The van der Waals surface area contributed by atoms with Crippen LogP contribution in [0.4, 0.5) is 4.39 Å². The van der Waals surface area contributed by atoms with Crippen LogP contribution in [0.5, 0.6) is 0 Å². The zero-order valence-corrected chi connectivity index (χ0v) is 18.7. The predicted octanol–water partition coefficient (Wildman–Crippen LogP) is 2.98. The second-order valence-corrected chi connectivity index (χ2v) is 12.1. The van der Waals surface area contributed by atoms with Gasteiger partial charge in [-0.05, 0) is 81.9 Å². The summed E-state index contributed by atoms with van der Waals surface area (Å²) in [7, 11) is -4.03. The Morgan fingerprint density at radius 3 is 2.47 bits per heavy atom. The number of hydrogen-bond donors (Lipinski definition) is 3. The Balaban J connectivity index is 1.40. The van der Waals surface area contributed by atoms with Crippen LogP contribution < -0.4 is 10.0 Å². The number of carbonyl (C=O) groups is 1. The summed E-state index contributed by atoms with van der Waals surface area (Å²) in [5.74, 6) is 0.255. The predicted molar refractivity (Wildman–Crippen MR) is 111 cm³/mol. The molecule has 0 heterocycles. The Hall–Kier alpha value is -1.22. The lowest BCUT2D eigenvalue weighted by Gasteiger charge is -2.58. The van der Waals surface area contributed by atoms with Crippen LogP contribution in [-0.4, -0.2) is 36.6 Å². The number of amides is 1. The molecular formula is C21H28ClFN2O4S. The van der Waals surface area contributed by atoms with Crippen LogP contribution in [0.25, 0.3) is 0 Å². The van der Waals surface area contributed by atoms with Crippen LogP contribution in [0.2, 0.25) is 5.02 Å². The van der Waals surface area contributed by atoms with Gasteiger partial charge in [-0.15, -0.1) is 0 Å². The first-order chi connectivity index (χ1) is 13.9. The van der Waals surface area contributed by atoms with Crippen LogP contribution >= 0.6 is 11.6 Å². The molecule has 4 fully saturated rings. The summed E-state index contributed by atoms with van der Waals surface area (Å²) in [5, 5.41) is 13.6. The van der Waals surface area contributed by atoms with Crippen molar-refractivity contribution < 1.29 is 22.7 Å². The van der Waals surface area contributed by atoms with Gasteiger partial charge in [0.05, 0.1) is 10.6 Å². The standard InChI is InChI=1S/C21H28ClFN2O4S/c1-20(2,25-30(28,29)17-4-3-15(23)7-16(17)22)11-18(26)24-19-13-5-12-6-14(19)10-21(27,8-12)9-13/h3-4,7,12-14,19,25,27H,5-6,8-11H2,1-2H3,(H,24,26). The molecule has 6 nitrogen and oxygen atoms in total. The molecule has 4 saturated carbocycles. The maximum atomic E-state index is 13.2. The summed E-state index contributed by atoms with van der Waals surface area (Å²) in [5.41, 5.74) is -1.63. The normalized spacial score (nSPS) is 33.0. The van der Waals surface area contributed by atoms with Crippen LogP contribution in [0.1, 0.15) is 52.4 Å². The maximum Gasteiger partial charge on any atom is 0.242 e. The highest BCUT2D eigenvalue weighted by atomic mass is 35.5. The van der Waals surface area contributed by atoms with Gasteiger partial charge in [0.1, 0.15) is 10.7 Å². The molecule has 0 spiro atoms. The Kier molecular flexibility index (Phi) is 5.45. The number of aliphatic hydroxyl groups is 1. The van der Waals surface area contributed by atoms with E-state index in [1.807, 2.05) is 0 Å². The van der Waals surface area contributed by atoms with Crippen LogP contribution in [0.15, 0.2) is 23.1 Å². The third-order valence-corrected chi connectivity index (χ3v) is 8.95. The van der Waals surface area contributed by atoms with E-state index in [-0.39, 0.29) is 40.1 Å². The minimum Gasteiger partial charge on any atom is -0.390 e. The van der Waals surface area contributed by atoms with Crippen molar-refractivity contribution in [2.45, 2.75) is 74.4 Å². The maximum absolute atomic E-state index is 13.2. The van der Waals surface area contributed by atoms with Crippen molar-refractivity contribution in [2.24, 2.45) is 17.8 Å². The summed E-state index contributed by atoms with van der Waals surface area (Å²) in [6, 6.07) is 3.11. The third kappa shape index (κ3) is 4.38. The first-order valence-corrected chi connectivity index (χ1v) is 12.2. The SMILES string of the molecule is CC(C)(CC(=O)NC1C2CC3CC1CC(O)(C3)C2)NS(=O)(=O)c1ccc(F)cc1Cl. The Labute approximate surface area is 181 Å². The average Bonchev–Trinajstić information content (AvgIpc) is 2.54. The molecule has 2 atom stereocenters. The molecule has 9 heteroatoms. The quantitative estimate of drug-likeness (QED) is 0.610. The Morgan fingerprint density at radius 1 is 1.27 bits per heavy atom. The average molecular weight is 459 g/mol. The minimum atomic E-state index is -4.03. The molecule has 0 aromatic heterocycles. The van der Waals surface area contributed by atoms with E-state index >= 15 is 0 Å². The second kappa shape index (κ2) is 7.43. The van der Waals surface area contributed by atoms with Gasteiger partial charge in [0.15, 0.2) is 0 Å². The van der Waals surface area contributed by atoms with Gasteiger partial charge < -0.3 is 10.4 Å². The summed E-state index contributed by atoms with van der Waals surface area (Å²) >= 11 is 5.90. The molecule has 4 bridgehead atoms. The summed E-state index contributed by atoms with van der Waals surface area (Å²) in [4.78, 5) is 12.6. The largest absolute Gasteiger partial charge is 0.390 e. The van der Waals surface area contributed by atoms with Gasteiger partial charge in [0.2, 0.25) is 15.9 Å². The molecule has 1 amide bonds. The fraction of sp³-hybridized carbons (Fsp3) is 0.667. The monoisotopic (exact) mass is 458 g/mol. The van der Waals surface area contributed by atoms with Gasteiger partial charge >= 0.3 is 0 Å². The lowest BCUT2D eigenvalue weighted by atomic mass is 9.52. The lowest BCUT2D eigenvalue weighted by molar-refractivity contribution is -0.147. The van der Waals surface area contributed by atoms with Crippen molar-refractivity contribution >= 4 is 27.5 Å². The smallest absolute Gasteiger partial charge is 0.242 e. The van der Waals surface area contributed by atoms with Gasteiger partial charge in [-0.3, -0.25) is 4.79 Å². The fourth-order valence-electron chi connectivity index (χ4n) is 6.00. The molecule has 0 radical (unpaired) electrons. The number of halogens is 2. The van der Waals surface area contributed by atoms with E-state index in [4.69, 9.17) is 11.6 Å². The third-order valence-electron chi connectivity index (χ3n) is 6.77. The van der Waals surface area contributed by atoms with Gasteiger partial charge in [-0.25, -0.2) is 17.5 Å². The molecule has 166 valence electrons. The fourth-order valence-corrected chi connectivity index (χ4v) is 7.95. The molecule has 30 heavy (non-hydrogen) atoms. The number of nitrogens with one attached hydrogen (secondary N) is 2. The van der Waals surface area contributed by atoms with Gasteiger partial charge in [-0.1, -0.05) is 11.6 Å². The van der Waals surface area contributed by atoms with E-state index in [2.05, 4.69) is 10.0 Å². The minimum absolute atomic E-state index is 0.0354. The van der Waals surface area contributed by atoms with E-state index < -0.39 is 27.0 Å². The lowest BCUT2D eigenvalue weighted by Crippen LogP contribution is -2.62. The Morgan fingerprint density at radius 2 is 1.90 bits per heavy atom. The van der Waals surface area contributed by atoms with Crippen LogP contribution in [0.3, 0.4) is 0 Å². The van der Waals surface area contributed by atoms with E-state index in [1.165, 1.54) is 0 Å². The zero-order chi connectivity index (χ0) is 21.9. The number of carbonyl (C=O) groups excluding carboxylic acids is 1. The zero-order valence-electron chi connectivity index (χ0n) is 17.1. The van der Waals surface area contributed by atoms with Crippen molar-refractivity contribution in [3.63, 3.8) is 0 Å². The van der Waals surface area contributed by atoms with Crippen molar-refractivity contribution in [1.29, 1.82) is 0 Å². The molecule has 3 N–H and O–H groups in total. The number of sulfonamides is 1. The first kappa shape index (κ1) is 22.0. The summed E-state index contributed by atoms with van der Waals surface area (Å²) < 4.78 is 41.2. The molecule has 4 aliphatic carbocycles. The van der Waals surface area contributed by atoms with E-state index in [1.54, 1.807) is 13.8 Å². The molecule has 1 aromatic carbocycles. The van der Waals surface area contributed by atoms with Crippen LogP contribution in [-0.2, 0) is 14.8 Å². The molecule has 2 unspecified atom stereocenters. The highest BCUT2D eigenvalue weighted by Gasteiger charge is 2.55. The number of hydrogen-bond acceptors (Lipinski definition) is 4. The molecule has 0 saturated heterocycles. The van der Waals surface area contributed by atoms with Gasteiger partial charge in [-0.2, -0.15) is 0 Å². The highest BCUT2D eigenvalue weighted by Crippen LogP contribution is 2.55. The van der Waals surface area contributed by atoms with Crippen molar-refractivity contribution in [3.05, 3.63) is 29.0 Å². The topological polar surface area (TPSA) is 95.5 Å².